The maximum Gasteiger partial charge on any atom is 0.354 e. The van der Waals surface area contributed by atoms with Crippen LogP contribution >= 0.6 is 0 Å². The average molecular weight is 269 g/mol. The summed E-state index contributed by atoms with van der Waals surface area (Å²) in [6.07, 6.45) is 5.38. The first-order chi connectivity index (χ1) is 9.70. The molecule has 2 rings (SSSR count). The number of nitrogens with zero attached hydrogens (tertiary/aromatic N) is 1. The smallest absolute Gasteiger partial charge is 0.354 e. The molecule has 0 saturated heterocycles. The molecule has 0 spiro atoms. The highest BCUT2D eigenvalue weighted by Crippen LogP contribution is 2.20. The van der Waals surface area contributed by atoms with E-state index in [4.69, 9.17) is 9.84 Å². The Labute approximate surface area is 117 Å². The minimum atomic E-state index is -1.04. The zero-order valence-electron chi connectivity index (χ0n) is 11.1. The quantitative estimate of drug-likeness (QED) is 0.903. The minimum Gasteiger partial charge on any atom is -0.488 e. The number of aromatic nitrogens is 1. The third kappa shape index (κ3) is 3.45. The molecule has 20 heavy (non-hydrogen) atoms. The summed E-state index contributed by atoms with van der Waals surface area (Å²) in [7, 11) is 0. The summed E-state index contributed by atoms with van der Waals surface area (Å²) < 4.78 is 5.74. The molecule has 2 aromatic rings. The van der Waals surface area contributed by atoms with Gasteiger partial charge < -0.3 is 9.84 Å². The Morgan fingerprint density at radius 3 is 2.90 bits per heavy atom. The van der Waals surface area contributed by atoms with Gasteiger partial charge >= 0.3 is 5.97 Å². The van der Waals surface area contributed by atoms with E-state index in [-0.39, 0.29) is 5.69 Å². The van der Waals surface area contributed by atoms with Gasteiger partial charge in [-0.1, -0.05) is 30.4 Å². The number of carboxylic acids is 1. The molecule has 102 valence electrons. The fourth-order valence-corrected chi connectivity index (χ4v) is 1.77. The van der Waals surface area contributed by atoms with Gasteiger partial charge in [-0.25, -0.2) is 9.78 Å². The Morgan fingerprint density at radius 1 is 1.35 bits per heavy atom. The molecule has 0 saturated carbocycles. The second kappa shape index (κ2) is 6.52. The third-order valence-electron chi connectivity index (χ3n) is 2.70. The van der Waals surface area contributed by atoms with Crippen molar-refractivity contribution in [3.63, 3.8) is 0 Å². The maximum absolute atomic E-state index is 10.9. The molecule has 1 heterocycles. The molecule has 1 aromatic carbocycles. The van der Waals surface area contributed by atoms with Crippen LogP contribution in [0.5, 0.6) is 5.75 Å². The zero-order chi connectivity index (χ0) is 14.4. The van der Waals surface area contributed by atoms with E-state index in [0.29, 0.717) is 6.61 Å². The van der Waals surface area contributed by atoms with E-state index >= 15 is 0 Å². The highest BCUT2D eigenvalue weighted by atomic mass is 16.5. The summed E-state index contributed by atoms with van der Waals surface area (Å²) in [4.78, 5) is 14.6. The summed E-state index contributed by atoms with van der Waals surface area (Å²) in [5, 5.41) is 8.90. The van der Waals surface area contributed by atoms with E-state index in [0.717, 1.165) is 16.9 Å². The number of allylic oxidation sites excluding steroid dienone is 1. The topological polar surface area (TPSA) is 59.4 Å². The molecule has 0 aliphatic rings. The number of hydrogen-bond acceptors (Lipinski definition) is 3. The van der Waals surface area contributed by atoms with E-state index in [9.17, 15) is 4.79 Å². The van der Waals surface area contributed by atoms with Crippen LogP contribution in [0.2, 0.25) is 0 Å². The van der Waals surface area contributed by atoms with Crippen LogP contribution in [0.4, 0.5) is 0 Å². The summed E-state index contributed by atoms with van der Waals surface area (Å²) in [6, 6.07) is 10.9. The van der Waals surface area contributed by atoms with E-state index in [1.165, 1.54) is 12.3 Å². The zero-order valence-corrected chi connectivity index (χ0v) is 11.1. The summed E-state index contributed by atoms with van der Waals surface area (Å²) in [5.74, 6) is -0.277. The molecule has 0 aliphatic heterocycles. The van der Waals surface area contributed by atoms with Crippen LogP contribution in [-0.2, 0) is 6.61 Å². The lowest BCUT2D eigenvalue weighted by molar-refractivity contribution is 0.0690. The molecule has 0 atom stereocenters. The number of ether oxygens (including phenoxy) is 1. The lowest BCUT2D eigenvalue weighted by Crippen LogP contribution is -2.03. The van der Waals surface area contributed by atoms with Crippen molar-refractivity contribution in [2.75, 3.05) is 0 Å². The highest BCUT2D eigenvalue weighted by molar-refractivity contribution is 5.85. The van der Waals surface area contributed by atoms with Gasteiger partial charge in [0.05, 0.1) is 0 Å². The maximum atomic E-state index is 10.9. The van der Waals surface area contributed by atoms with Crippen LogP contribution in [-0.4, -0.2) is 16.1 Å². The van der Waals surface area contributed by atoms with E-state index in [1.54, 1.807) is 6.07 Å². The van der Waals surface area contributed by atoms with Crippen LogP contribution in [0.15, 0.2) is 48.7 Å². The second-order valence-corrected chi connectivity index (χ2v) is 4.18. The van der Waals surface area contributed by atoms with Gasteiger partial charge in [-0.15, -0.1) is 0 Å². The molecule has 0 amide bonds. The van der Waals surface area contributed by atoms with Gasteiger partial charge in [-0.2, -0.15) is 0 Å². The standard InChI is InChI=1S/C16H15NO3/c1-2-5-13-6-3-4-7-15(13)20-11-12-8-9-17-14(10-12)16(18)19/h2-10H,11H2,1H3,(H,18,19). The number of carbonyl (C=O) groups is 1. The number of hydrogen-bond donors (Lipinski definition) is 1. The van der Waals surface area contributed by atoms with Gasteiger partial charge in [-0.05, 0) is 30.7 Å². The van der Waals surface area contributed by atoms with Gasteiger partial charge in [0, 0.05) is 11.8 Å². The number of benzene rings is 1. The normalized spacial score (nSPS) is 10.7. The monoisotopic (exact) mass is 269 g/mol. The first kappa shape index (κ1) is 13.8. The van der Waals surface area contributed by atoms with Gasteiger partial charge in [-0.3, -0.25) is 0 Å². The lowest BCUT2D eigenvalue weighted by Gasteiger charge is -2.09. The average Bonchev–Trinajstić information content (AvgIpc) is 2.47. The predicted octanol–water partition coefficient (Wildman–Crippen LogP) is 3.39. The lowest BCUT2D eigenvalue weighted by atomic mass is 10.2. The van der Waals surface area contributed by atoms with Crippen molar-refractivity contribution in [2.24, 2.45) is 0 Å². The molecule has 0 fully saturated rings. The van der Waals surface area contributed by atoms with Gasteiger partial charge in [0.25, 0.3) is 0 Å². The summed E-state index contributed by atoms with van der Waals surface area (Å²) in [5.41, 5.74) is 1.78. The Morgan fingerprint density at radius 2 is 2.15 bits per heavy atom. The predicted molar refractivity (Wildman–Crippen MR) is 76.7 cm³/mol. The van der Waals surface area contributed by atoms with Crippen molar-refractivity contribution in [1.82, 2.24) is 4.98 Å². The summed E-state index contributed by atoms with van der Waals surface area (Å²) in [6.45, 7) is 2.25. The molecule has 0 unspecified atom stereocenters. The first-order valence-corrected chi connectivity index (χ1v) is 6.23. The third-order valence-corrected chi connectivity index (χ3v) is 2.70. The number of carboxylic acid groups (broad SMARTS) is 1. The number of pyridine rings is 1. The number of para-hydroxylation sites is 1. The van der Waals surface area contributed by atoms with E-state index < -0.39 is 5.97 Å². The van der Waals surface area contributed by atoms with Crippen LogP contribution < -0.4 is 4.74 Å². The van der Waals surface area contributed by atoms with Crippen molar-refractivity contribution in [2.45, 2.75) is 13.5 Å². The molecule has 1 aromatic heterocycles. The van der Waals surface area contributed by atoms with Crippen LogP contribution in [0.3, 0.4) is 0 Å². The number of rotatable bonds is 5. The first-order valence-electron chi connectivity index (χ1n) is 6.23. The fourth-order valence-electron chi connectivity index (χ4n) is 1.77. The van der Waals surface area contributed by atoms with Gasteiger partial charge in [0.15, 0.2) is 0 Å². The van der Waals surface area contributed by atoms with Crippen LogP contribution in [0.1, 0.15) is 28.5 Å². The van der Waals surface area contributed by atoms with E-state index in [1.807, 2.05) is 43.3 Å². The van der Waals surface area contributed by atoms with Crippen molar-refractivity contribution >= 4 is 12.0 Å². The second-order valence-electron chi connectivity index (χ2n) is 4.18. The van der Waals surface area contributed by atoms with Crippen molar-refractivity contribution in [3.8, 4) is 5.75 Å². The highest BCUT2D eigenvalue weighted by Gasteiger charge is 2.06. The molecule has 0 radical (unpaired) electrons. The number of aromatic carboxylic acids is 1. The van der Waals surface area contributed by atoms with Crippen LogP contribution in [0.25, 0.3) is 6.08 Å². The van der Waals surface area contributed by atoms with Crippen molar-refractivity contribution in [3.05, 3.63) is 65.5 Å². The van der Waals surface area contributed by atoms with Gasteiger partial charge in [0.2, 0.25) is 0 Å². The minimum absolute atomic E-state index is 0.0211. The van der Waals surface area contributed by atoms with Crippen molar-refractivity contribution in [1.29, 1.82) is 0 Å². The molecule has 0 aliphatic carbocycles. The molecular formula is C16H15NO3. The Kier molecular flexibility index (Phi) is 4.50. The molecular weight excluding hydrogens is 254 g/mol. The molecule has 4 heteroatoms. The Bertz CT molecular complexity index is 635. The summed E-state index contributed by atoms with van der Waals surface area (Å²) >= 11 is 0. The molecule has 4 nitrogen and oxygen atoms in total. The van der Waals surface area contributed by atoms with E-state index in [2.05, 4.69) is 4.98 Å². The SMILES string of the molecule is CC=Cc1ccccc1OCc1ccnc(C(=O)O)c1. The largest absolute Gasteiger partial charge is 0.488 e. The Balaban J connectivity index is 2.13. The Hall–Kier alpha value is -2.62. The molecule has 1 N–H and O–H groups in total. The van der Waals surface area contributed by atoms with Crippen molar-refractivity contribution < 1.29 is 14.6 Å². The van der Waals surface area contributed by atoms with Crippen LogP contribution in [0, 0.1) is 0 Å². The molecule has 0 bridgehead atoms. The fraction of sp³-hybridized carbons (Fsp3) is 0.125. The van der Waals surface area contributed by atoms with Gasteiger partial charge in [0.1, 0.15) is 18.1 Å².